The van der Waals surface area contributed by atoms with Crippen LogP contribution >= 0.6 is 0 Å². The van der Waals surface area contributed by atoms with Gasteiger partial charge >= 0.3 is 11.9 Å². The van der Waals surface area contributed by atoms with Gasteiger partial charge in [-0.3, -0.25) is 4.79 Å². The Hall–Kier alpha value is -2.83. The van der Waals surface area contributed by atoms with Crippen molar-refractivity contribution in [1.29, 1.82) is 0 Å². The second-order valence-electron chi connectivity index (χ2n) is 4.35. The molecule has 1 heterocycles. The summed E-state index contributed by atoms with van der Waals surface area (Å²) in [6.07, 6.45) is 0.965. The van der Waals surface area contributed by atoms with E-state index in [-0.39, 0.29) is 5.82 Å². The zero-order chi connectivity index (χ0) is 15.4. The van der Waals surface area contributed by atoms with Gasteiger partial charge in [0.15, 0.2) is 0 Å². The van der Waals surface area contributed by atoms with E-state index in [2.05, 4.69) is 10.3 Å². The van der Waals surface area contributed by atoms with Crippen molar-refractivity contribution < 1.29 is 24.5 Å². The fourth-order valence-electron chi connectivity index (χ4n) is 2.02. The molecule has 1 unspecified atom stereocenters. The molecule has 0 bridgehead atoms. The summed E-state index contributed by atoms with van der Waals surface area (Å²) < 4.78 is 5.25. The molecule has 1 aromatic carbocycles. The van der Waals surface area contributed by atoms with Crippen LogP contribution in [0.25, 0.3) is 10.8 Å². The molecule has 1 atom stereocenters. The third-order valence-electron chi connectivity index (χ3n) is 2.96. The molecule has 7 nitrogen and oxygen atoms in total. The molecule has 0 fully saturated rings. The molecule has 1 aromatic heterocycles. The molecule has 0 saturated carbocycles. The van der Waals surface area contributed by atoms with Gasteiger partial charge in [-0.15, -0.1) is 0 Å². The van der Waals surface area contributed by atoms with E-state index in [1.54, 1.807) is 18.2 Å². The molecule has 3 N–H and O–H groups in total. The highest BCUT2D eigenvalue weighted by atomic mass is 16.5. The maximum Gasteiger partial charge on any atom is 0.326 e. The number of carbonyl (C=O) groups is 2. The van der Waals surface area contributed by atoms with Gasteiger partial charge in [-0.2, -0.15) is 0 Å². The molecule has 0 amide bonds. The van der Waals surface area contributed by atoms with Crippen molar-refractivity contribution in [1.82, 2.24) is 4.98 Å². The van der Waals surface area contributed by atoms with Crippen molar-refractivity contribution >= 4 is 28.5 Å². The monoisotopic (exact) mass is 290 g/mol. The number of carboxylic acids is 2. The molecule has 0 aliphatic rings. The number of fused-ring (bicyclic) bond motifs is 1. The Labute approximate surface area is 120 Å². The minimum atomic E-state index is -1.27. The van der Waals surface area contributed by atoms with Crippen LogP contribution in [0.5, 0.6) is 5.75 Å². The van der Waals surface area contributed by atoms with Gasteiger partial charge in [0.1, 0.15) is 17.6 Å². The Bertz CT molecular complexity index is 681. The Kier molecular flexibility index (Phi) is 4.22. The maximum atomic E-state index is 11.1. The summed E-state index contributed by atoms with van der Waals surface area (Å²) in [4.78, 5) is 26.0. The lowest BCUT2D eigenvalue weighted by Crippen LogP contribution is -2.32. The number of benzene rings is 1. The molecule has 0 radical (unpaired) electrons. The largest absolute Gasteiger partial charge is 0.496 e. The van der Waals surface area contributed by atoms with Crippen LogP contribution in [-0.4, -0.2) is 40.3 Å². The second kappa shape index (κ2) is 6.08. The van der Waals surface area contributed by atoms with Gasteiger partial charge in [-0.1, -0.05) is 12.1 Å². The third-order valence-corrected chi connectivity index (χ3v) is 2.96. The number of ether oxygens (including phenoxy) is 1. The number of pyridine rings is 1. The number of aliphatic carboxylic acids is 2. The van der Waals surface area contributed by atoms with Crippen molar-refractivity contribution in [2.24, 2.45) is 0 Å². The Morgan fingerprint density at radius 1 is 1.33 bits per heavy atom. The highest BCUT2D eigenvalue weighted by molar-refractivity contribution is 5.98. The first-order valence-electron chi connectivity index (χ1n) is 6.15. The molecule has 7 heteroatoms. The first-order chi connectivity index (χ1) is 10.0. The van der Waals surface area contributed by atoms with E-state index in [9.17, 15) is 9.59 Å². The standard InChI is InChI=1S/C14H14N2O5/c1-21-10-4-2-3-8-5-6-15-13(12(8)10)16-9(14(19)20)7-11(17)18/h2-6,9H,7H2,1H3,(H,15,16)(H,17,18)(H,19,20). The van der Waals surface area contributed by atoms with E-state index < -0.39 is 24.4 Å². The van der Waals surface area contributed by atoms with E-state index in [4.69, 9.17) is 14.9 Å². The predicted octanol–water partition coefficient (Wildman–Crippen LogP) is 1.58. The van der Waals surface area contributed by atoms with Gasteiger partial charge in [-0.25, -0.2) is 9.78 Å². The summed E-state index contributed by atoms with van der Waals surface area (Å²) in [6, 6.07) is 5.85. The van der Waals surface area contributed by atoms with Crippen LogP contribution in [0.3, 0.4) is 0 Å². The van der Waals surface area contributed by atoms with Crippen molar-refractivity contribution in [2.45, 2.75) is 12.5 Å². The Balaban J connectivity index is 2.45. The SMILES string of the molecule is COc1cccc2ccnc(NC(CC(=O)O)C(=O)O)c12. The summed E-state index contributed by atoms with van der Waals surface area (Å²) in [6.45, 7) is 0. The fourth-order valence-corrected chi connectivity index (χ4v) is 2.02. The molecule has 2 aromatic rings. The lowest BCUT2D eigenvalue weighted by molar-refractivity contribution is -0.144. The molecule has 0 spiro atoms. The van der Waals surface area contributed by atoms with Crippen LogP contribution in [0, 0.1) is 0 Å². The van der Waals surface area contributed by atoms with Gasteiger partial charge in [0.05, 0.1) is 18.9 Å². The third kappa shape index (κ3) is 3.19. The zero-order valence-electron chi connectivity index (χ0n) is 11.2. The van der Waals surface area contributed by atoms with Gasteiger partial charge in [-0.05, 0) is 17.5 Å². The average Bonchev–Trinajstić information content (AvgIpc) is 2.45. The number of nitrogens with zero attached hydrogens (tertiary/aromatic N) is 1. The van der Waals surface area contributed by atoms with Gasteiger partial charge in [0.2, 0.25) is 0 Å². The van der Waals surface area contributed by atoms with Crippen molar-refractivity contribution in [3.63, 3.8) is 0 Å². The summed E-state index contributed by atoms with van der Waals surface area (Å²) in [5, 5.41) is 22.0. The highest BCUT2D eigenvalue weighted by Gasteiger charge is 2.22. The molecule has 21 heavy (non-hydrogen) atoms. The summed E-state index contributed by atoms with van der Waals surface area (Å²) >= 11 is 0. The van der Waals surface area contributed by atoms with Gasteiger partial charge < -0.3 is 20.3 Å². The van der Waals surface area contributed by atoms with Crippen molar-refractivity contribution in [2.75, 3.05) is 12.4 Å². The number of hydrogen-bond donors (Lipinski definition) is 3. The molecule has 0 saturated heterocycles. The normalized spacial score (nSPS) is 11.9. The van der Waals surface area contributed by atoms with Crippen LogP contribution in [0.2, 0.25) is 0 Å². The number of nitrogens with one attached hydrogen (secondary N) is 1. The topological polar surface area (TPSA) is 109 Å². The second-order valence-corrected chi connectivity index (χ2v) is 4.35. The minimum absolute atomic E-state index is 0.276. The van der Waals surface area contributed by atoms with Gasteiger partial charge in [0, 0.05) is 6.20 Å². The van der Waals surface area contributed by atoms with Crippen LogP contribution < -0.4 is 10.1 Å². The summed E-state index contributed by atoms with van der Waals surface area (Å²) in [5.74, 6) is -1.66. The fraction of sp³-hybridized carbons (Fsp3) is 0.214. The molecular formula is C14H14N2O5. The Morgan fingerprint density at radius 3 is 2.71 bits per heavy atom. The average molecular weight is 290 g/mol. The lowest BCUT2D eigenvalue weighted by Gasteiger charge is -2.16. The minimum Gasteiger partial charge on any atom is -0.496 e. The Morgan fingerprint density at radius 2 is 2.10 bits per heavy atom. The van der Waals surface area contributed by atoms with Crippen LogP contribution in [0.1, 0.15) is 6.42 Å². The molecule has 0 aliphatic carbocycles. The smallest absolute Gasteiger partial charge is 0.326 e. The van der Waals surface area contributed by atoms with E-state index >= 15 is 0 Å². The van der Waals surface area contributed by atoms with E-state index in [1.165, 1.54) is 13.3 Å². The first-order valence-corrected chi connectivity index (χ1v) is 6.15. The first kappa shape index (κ1) is 14.6. The van der Waals surface area contributed by atoms with Gasteiger partial charge in [0.25, 0.3) is 0 Å². The number of anilines is 1. The number of hydrogen-bond acceptors (Lipinski definition) is 5. The predicted molar refractivity (Wildman–Crippen MR) is 75.6 cm³/mol. The van der Waals surface area contributed by atoms with Crippen LogP contribution in [-0.2, 0) is 9.59 Å². The lowest BCUT2D eigenvalue weighted by atomic mass is 10.1. The quantitative estimate of drug-likeness (QED) is 0.741. The van der Waals surface area contributed by atoms with Crippen molar-refractivity contribution in [3.05, 3.63) is 30.5 Å². The van der Waals surface area contributed by atoms with E-state index in [0.717, 1.165) is 5.39 Å². The number of carboxylic acid groups (broad SMARTS) is 2. The molecule has 0 aliphatic heterocycles. The zero-order valence-corrected chi connectivity index (χ0v) is 11.2. The molecule has 110 valence electrons. The van der Waals surface area contributed by atoms with Crippen molar-refractivity contribution in [3.8, 4) is 5.75 Å². The van der Waals surface area contributed by atoms with E-state index in [0.29, 0.717) is 11.1 Å². The number of aromatic nitrogens is 1. The van der Waals surface area contributed by atoms with E-state index in [1.807, 2.05) is 6.07 Å². The summed E-state index contributed by atoms with van der Waals surface area (Å²) in [5.41, 5.74) is 0. The highest BCUT2D eigenvalue weighted by Crippen LogP contribution is 2.31. The summed E-state index contributed by atoms with van der Waals surface area (Å²) in [7, 11) is 1.50. The number of rotatable bonds is 6. The number of methoxy groups -OCH3 is 1. The molecule has 2 rings (SSSR count). The van der Waals surface area contributed by atoms with Crippen LogP contribution in [0.4, 0.5) is 5.82 Å². The van der Waals surface area contributed by atoms with Crippen LogP contribution in [0.15, 0.2) is 30.5 Å². The maximum absolute atomic E-state index is 11.1. The molecular weight excluding hydrogens is 276 g/mol.